The molecule has 2 aromatic rings. The standard InChI is InChI=1S/C12H11F2N3S2/c1-7-11(19-12(16-7)10(13)14)17-9-5-3-2-4-8(9)15-6-18/h2-6,10,17H,1H3,(H,15,18). The fourth-order valence-corrected chi connectivity index (χ4v) is 2.49. The normalized spacial score (nSPS) is 10.5. The molecule has 1 aromatic heterocycles. The number of halogens is 2. The van der Waals surface area contributed by atoms with Gasteiger partial charge in [-0.3, -0.25) is 0 Å². The van der Waals surface area contributed by atoms with E-state index >= 15 is 0 Å². The zero-order chi connectivity index (χ0) is 13.8. The average molecular weight is 299 g/mol. The Morgan fingerprint density at radius 2 is 2.00 bits per heavy atom. The Hall–Kier alpha value is -1.60. The largest absolute Gasteiger partial charge is 0.351 e. The maximum atomic E-state index is 12.6. The molecule has 0 aliphatic carbocycles. The van der Waals surface area contributed by atoms with Crippen LogP contribution < -0.4 is 10.6 Å². The van der Waals surface area contributed by atoms with Gasteiger partial charge in [-0.2, -0.15) is 0 Å². The van der Waals surface area contributed by atoms with Crippen molar-refractivity contribution in [1.82, 2.24) is 4.98 Å². The van der Waals surface area contributed by atoms with E-state index < -0.39 is 6.43 Å². The molecule has 2 rings (SSSR count). The molecule has 0 aliphatic rings. The third-order valence-corrected chi connectivity index (χ3v) is 3.59. The molecule has 3 nitrogen and oxygen atoms in total. The molecule has 0 radical (unpaired) electrons. The van der Waals surface area contributed by atoms with Crippen molar-refractivity contribution in [2.45, 2.75) is 13.3 Å². The van der Waals surface area contributed by atoms with Gasteiger partial charge in [0, 0.05) is 0 Å². The van der Waals surface area contributed by atoms with E-state index in [1.54, 1.807) is 6.92 Å². The number of hydrogen-bond acceptors (Lipinski definition) is 4. The van der Waals surface area contributed by atoms with Crippen molar-refractivity contribution in [2.75, 3.05) is 10.6 Å². The fourth-order valence-electron chi connectivity index (χ4n) is 1.53. The van der Waals surface area contributed by atoms with Crippen LogP contribution in [0.5, 0.6) is 0 Å². The number of nitrogens with one attached hydrogen (secondary N) is 2. The Bertz CT molecular complexity index is 584. The van der Waals surface area contributed by atoms with Crippen molar-refractivity contribution >= 4 is 45.4 Å². The van der Waals surface area contributed by atoms with Crippen molar-refractivity contribution < 1.29 is 8.78 Å². The second-order valence-corrected chi connectivity index (χ2v) is 4.97. The molecule has 100 valence electrons. The molecule has 0 saturated heterocycles. The van der Waals surface area contributed by atoms with E-state index in [4.69, 9.17) is 12.2 Å². The molecule has 0 spiro atoms. The zero-order valence-electron chi connectivity index (χ0n) is 9.98. The van der Waals surface area contributed by atoms with Gasteiger partial charge in [-0.15, -0.1) is 0 Å². The van der Waals surface area contributed by atoms with Gasteiger partial charge in [0.1, 0.15) is 5.00 Å². The highest BCUT2D eigenvalue weighted by Crippen LogP contribution is 2.34. The Morgan fingerprint density at radius 3 is 2.58 bits per heavy atom. The van der Waals surface area contributed by atoms with Gasteiger partial charge < -0.3 is 10.6 Å². The number of rotatable bonds is 5. The number of thiocarbonyl (C=S) groups is 1. The highest BCUT2D eigenvalue weighted by Gasteiger charge is 2.16. The number of thiazole rings is 1. The lowest BCUT2D eigenvalue weighted by atomic mass is 10.2. The monoisotopic (exact) mass is 299 g/mol. The Kier molecular flexibility index (Phi) is 4.39. The van der Waals surface area contributed by atoms with Crippen molar-refractivity contribution in [3.8, 4) is 0 Å². The number of benzene rings is 1. The summed E-state index contributed by atoms with van der Waals surface area (Å²) in [6, 6.07) is 7.38. The minimum atomic E-state index is -2.55. The number of aryl methyl sites for hydroxylation is 1. The van der Waals surface area contributed by atoms with Crippen LogP contribution in [0.1, 0.15) is 17.1 Å². The van der Waals surface area contributed by atoms with Gasteiger partial charge in [0.25, 0.3) is 6.43 Å². The van der Waals surface area contributed by atoms with E-state index in [0.717, 1.165) is 22.7 Å². The van der Waals surface area contributed by atoms with Gasteiger partial charge in [-0.05, 0) is 19.1 Å². The highest BCUT2D eigenvalue weighted by atomic mass is 32.1. The van der Waals surface area contributed by atoms with Crippen molar-refractivity contribution in [3.05, 3.63) is 35.0 Å². The molecule has 1 aromatic carbocycles. The van der Waals surface area contributed by atoms with Crippen LogP contribution in [0.4, 0.5) is 25.2 Å². The van der Waals surface area contributed by atoms with Gasteiger partial charge in [0.2, 0.25) is 0 Å². The maximum absolute atomic E-state index is 12.6. The highest BCUT2D eigenvalue weighted by molar-refractivity contribution is 7.79. The summed E-state index contributed by atoms with van der Waals surface area (Å²) in [5.74, 6) is 0. The van der Waals surface area contributed by atoms with Crippen LogP contribution >= 0.6 is 23.6 Å². The first kappa shape index (κ1) is 13.8. The van der Waals surface area contributed by atoms with Crippen LogP contribution in [0.2, 0.25) is 0 Å². The van der Waals surface area contributed by atoms with Crippen LogP contribution in [-0.2, 0) is 0 Å². The van der Waals surface area contributed by atoms with E-state index in [-0.39, 0.29) is 5.01 Å². The molecule has 0 aliphatic heterocycles. The van der Waals surface area contributed by atoms with Crippen LogP contribution in [0, 0.1) is 6.92 Å². The van der Waals surface area contributed by atoms with Crippen LogP contribution in [-0.4, -0.2) is 10.5 Å². The summed E-state index contributed by atoms with van der Waals surface area (Å²) in [4.78, 5) is 3.84. The number of anilines is 3. The smallest absolute Gasteiger partial charge is 0.289 e. The quantitative estimate of drug-likeness (QED) is 0.797. The van der Waals surface area contributed by atoms with Gasteiger partial charge >= 0.3 is 0 Å². The minimum absolute atomic E-state index is 0.180. The molecule has 0 atom stereocenters. The third kappa shape index (κ3) is 3.24. The maximum Gasteiger partial charge on any atom is 0.289 e. The molecule has 19 heavy (non-hydrogen) atoms. The molecule has 0 fully saturated rings. The molecular weight excluding hydrogens is 288 g/mol. The average Bonchev–Trinajstić information content (AvgIpc) is 2.74. The number of aromatic nitrogens is 1. The van der Waals surface area contributed by atoms with Crippen molar-refractivity contribution in [3.63, 3.8) is 0 Å². The van der Waals surface area contributed by atoms with Gasteiger partial charge in [0.15, 0.2) is 5.01 Å². The first-order valence-corrected chi connectivity index (χ1v) is 6.72. The van der Waals surface area contributed by atoms with Crippen molar-refractivity contribution in [1.29, 1.82) is 0 Å². The van der Waals surface area contributed by atoms with Gasteiger partial charge in [-0.25, -0.2) is 13.8 Å². The van der Waals surface area contributed by atoms with E-state index in [0.29, 0.717) is 10.7 Å². The molecule has 1 heterocycles. The Labute approximate surface area is 118 Å². The molecule has 7 heteroatoms. The second kappa shape index (κ2) is 6.03. The molecule has 0 amide bonds. The first-order valence-electron chi connectivity index (χ1n) is 5.43. The molecule has 0 unspecified atom stereocenters. The molecule has 0 bridgehead atoms. The zero-order valence-corrected chi connectivity index (χ0v) is 11.6. The van der Waals surface area contributed by atoms with Crippen LogP contribution in [0.3, 0.4) is 0 Å². The number of alkyl halides is 2. The number of para-hydroxylation sites is 2. The summed E-state index contributed by atoms with van der Waals surface area (Å²) in [5.41, 5.74) is 3.49. The molecule has 0 saturated carbocycles. The van der Waals surface area contributed by atoms with E-state index in [9.17, 15) is 8.78 Å². The van der Waals surface area contributed by atoms with E-state index in [2.05, 4.69) is 15.6 Å². The fraction of sp³-hybridized carbons (Fsp3) is 0.167. The Balaban J connectivity index is 2.28. The molecule has 2 N–H and O–H groups in total. The van der Waals surface area contributed by atoms with E-state index in [1.165, 1.54) is 5.49 Å². The van der Waals surface area contributed by atoms with E-state index in [1.807, 2.05) is 24.3 Å². The lowest BCUT2D eigenvalue weighted by Gasteiger charge is -2.10. The van der Waals surface area contributed by atoms with Gasteiger partial charge in [-0.1, -0.05) is 35.7 Å². The summed E-state index contributed by atoms with van der Waals surface area (Å²) in [7, 11) is 0. The van der Waals surface area contributed by atoms with Gasteiger partial charge in [0.05, 0.1) is 22.6 Å². The summed E-state index contributed by atoms with van der Waals surface area (Å²) in [6.45, 7) is 1.69. The third-order valence-electron chi connectivity index (χ3n) is 2.39. The number of hydrogen-bond donors (Lipinski definition) is 2. The lowest BCUT2D eigenvalue weighted by Crippen LogP contribution is -1.98. The minimum Gasteiger partial charge on any atom is -0.351 e. The summed E-state index contributed by atoms with van der Waals surface area (Å²) >= 11 is 5.70. The molecular formula is C12H11F2N3S2. The lowest BCUT2D eigenvalue weighted by molar-refractivity contribution is 0.151. The van der Waals surface area contributed by atoms with Crippen molar-refractivity contribution in [2.24, 2.45) is 0 Å². The SMILES string of the molecule is Cc1nc(C(F)F)sc1Nc1ccccc1NC=S. The summed E-state index contributed by atoms with van der Waals surface area (Å²) < 4.78 is 25.2. The van der Waals surface area contributed by atoms with Crippen LogP contribution in [0.15, 0.2) is 24.3 Å². The second-order valence-electron chi connectivity index (χ2n) is 3.70. The summed E-state index contributed by atoms with van der Waals surface area (Å²) in [6.07, 6.45) is -2.55. The predicted octanol–water partition coefficient (Wildman–Crippen LogP) is 4.50. The van der Waals surface area contributed by atoms with Crippen LogP contribution in [0.25, 0.3) is 0 Å². The number of nitrogens with zero attached hydrogens (tertiary/aromatic N) is 1. The predicted molar refractivity (Wildman–Crippen MR) is 78.8 cm³/mol. The summed E-state index contributed by atoms with van der Waals surface area (Å²) in [5, 5.41) is 6.43. The first-order chi connectivity index (χ1) is 9.11. The topological polar surface area (TPSA) is 37.0 Å². The Morgan fingerprint density at radius 1 is 1.32 bits per heavy atom.